The van der Waals surface area contributed by atoms with E-state index in [1.807, 2.05) is 38.3 Å². The molecule has 2 saturated carbocycles. The molecule has 3 aliphatic rings. The molecule has 0 amide bonds. The van der Waals surface area contributed by atoms with Crippen LogP contribution in [0.1, 0.15) is 52.7 Å². The summed E-state index contributed by atoms with van der Waals surface area (Å²) >= 11 is 0. The molecule has 2 aromatic rings. The second-order valence-corrected chi connectivity index (χ2v) is 13.9. The van der Waals surface area contributed by atoms with Gasteiger partial charge in [-0.1, -0.05) is 116 Å². The average Bonchev–Trinajstić information content (AvgIpc) is 3.21. The first kappa shape index (κ1) is 33.5. The van der Waals surface area contributed by atoms with Crippen LogP contribution in [-0.2, 0) is 29.5 Å². The zero-order valence-corrected chi connectivity index (χ0v) is 25.5. The third-order valence-corrected chi connectivity index (χ3v) is 10.1. The maximum atomic E-state index is 7.50. The van der Waals surface area contributed by atoms with Gasteiger partial charge in [0.05, 0.1) is 0 Å². The number of nitrogens with zero attached hydrogens (tertiary/aromatic N) is 1. The summed E-state index contributed by atoms with van der Waals surface area (Å²) in [5, 5.41) is 0. The largest absolute Gasteiger partial charge is 2.00 e. The Hall–Kier alpha value is -1.49. The molecule has 2 nitrogen and oxygen atoms in total. The molecule has 0 bridgehead atoms. The minimum Gasteiger partial charge on any atom is -0.0312 e. The molecular weight excluding hydrogens is 558 g/mol. The Morgan fingerprint density at radius 3 is 1.35 bits per heavy atom. The Balaban J connectivity index is 0.000000322. The quantitative estimate of drug-likeness (QED) is 0.143. The van der Waals surface area contributed by atoms with Gasteiger partial charge in [-0.25, -0.2) is 0 Å². The van der Waals surface area contributed by atoms with Gasteiger partial charge in [0.15, 0.2) is 0 Å². The summed E-state index contributed by atoms with van der Waals surface area (Å²) in [6, 6.07) is 22.5. The van der Waals surface area contributed by atoms with E-state index in [2.05, 4.69) is 120 Å². The Kier molecular flexibility index (Phi) is 14.9. The number of aliphatic imine (C=N–C) groups is 1. The van der Waals surface area contributed by atoms with Crippen LogP contribution < -0.4 is 0 Å². The van der Waals surface area contributed by atoms with Crippen molar-refractivity contribution < 1.29 is 24.1 Å². The molecule has 2 aliphatic carbocycles. The first-order valence-corrected chi connectivity index (χ1v) is 14.2. The summed E-state index contributed by atoms with van der Waals surface area (Å²) in [5.74, 6) is 0.359. The molecular formula is C33H40NOPRu+. The van der Waals surface area contributed by atoms with Crippen LogP contribution in [0.2, 0.25) is 0 Å². The van der Waals surface area contributed by atoms with E-state index in [0.29, 0.717) is 5.92 Å². The van der Waals surface area contributed by atoms with Crippen molar-refractivity contribution in [3.05, 3.63) is 129 Å². The molecule has 5 radical (unpaired) electrons. The zero-order valence-electron chi connectivity index (χ0n) is 22.9. The van der Waals surface area contributed by atoms with Crippen LogP contribution in [0.4, 0.5) is 0 Å². The molecule has 4 heteroatoms. The summed E-state index contributed by atoms with van der Waals surface area (Å²) in [4.78, 5) is 4.59. The minimum atomic E-state index is -0.0612. The van der Waals surface area contributed by atoms with Gasteiger partial charge in [-0.15, -0.1) is 24.4 Å². The number of benzene rings is 2. The Morgan fingerprint density at radius 1 is 0.757 bits per heavy atom. The second kappa shape index (κ2) is 16.5. The van der Waals surface area contributed by atoms with Gasteiger partial charge in [-0.3, -0.25) is 0 Å². The van der Waals surface area contributed by atoms with Crippen molar-refractivity contribution in [2.45, 2.75) is 63.9 Å². The maximum absolute atomic E-state index is 7.50. The van der Waals surface area contributed by atoms with Crippen LogP contribution in [0, 0.1) is 50.7 Å². The molecule has 1 unspecified atom stereocenters. The fourth-order valence-corrected chi connectivity index (χ4v) is 9.06. The number of hydrogen-bond acceptors (Lipinski definition) is 1. The van der Waals surface area contributed by atoms with E-state index in [-0.39, 0.29) is 32.8 Å². The second-order valence-electron chi connectivity index (χ2n) is 9.88. The van der Waals surface area contributed by atoms with Gasteiger partial charge in [0.25, 0.3) is 0 Å². The van der Waals surface area contributed by atoms with Crippen molar-refractivity contribution in [1.82, 2.24) is 0 Å². The fraction of sp³-hybridized carbons (Fsp3) is 0.333. The molecule has 37 heavy (non-hydrogen) atoms. The topological polar surface area (TPSA) is 32.3 Å². The van der Waals surface area contributed by atoms with E-state index in [0.717, 1.165) is 22.6 Å². The molecule has 0 N–H and O–H groups in total. The van der Waals surface area contributed by atoms with Gasteiger partial charge >= 0.3 is 30.8 Å². The number of rotatable bonds is 5. The minimum absolute atomic E-state index is 0. The van der Waals surface area contributed by atoms with E-state index in [4.69, 9.17) is 4.65 Å². The fourth-order valence-electron chi connectivity index (χ4n) is 5.48. The van der Waals surface area contributed by atoms with Crippen molar-refractivity contribution in [3.8, 4) is 0 Å². The Bertz CT molecular complexity index is 897. The Labute approximate surface area is 241 Å². The predicted molar refractivity (Wildman–Crippen MR) is 156 cm³/mol. The summed E-state index contributed by atoms with van der Waals surface area (Å²) < 4.78 is 7.50. The summed E-state index contributed by atoms with van der Waals surface area (Å²) in [6.45, 7) is 22.8. The monoisotopic (exact) mass is 599 g/mol. The van der Waals surface area contributed by atoms with Crippen LogP contribution in [-0.4, -0.2) is 23.2 Å². The number of fused-ring (bicyclic) bond motifs is 1. The van der Waals surface area contributed by atoms with Crippen LogP contribution in [0.5, 0.6) is 0 Å². The zero-order chi connectivity index (χ0) is 26.7. The van der Waals surface area contributed by atoms with Gasteiger partial charge in [-0.05, 0) is 65.6 Å². The summed E-state index contributed by atoms with van der Waals surface area (Å²) in [5.41, 5.74) is 6.40. The average molecular weight is 599 g/mol. The molecule has 0 aromatic heterocycles. The van der Waals surface area contributed by atoms with Gasteiger partial charge in [0.2, 0.25) is 0 Å². The Morgan fingerprint density at radius 2 is 1.11 bits per heavy atom. The maximum Gasteiger partial charge on any atom is 2.00 e. The van der Waals surface area contributed by atoms with Gasteiger partial charge in [0, 0.05) is 0 Å². The molecule has 1 heterocycles. The van der Waals surface area contributed by atoms with E-state index in [9.17, 15) is 0 Å². The smallest absolute Gasteiger partial charge is 0.0312 e. The van der Waals surface area contributed by atoms with Crippen LogP contribution in [0.25, 0.3) is 0 Å². The molecule has 5 rings (SSSR count). The normalized spacial score (nSPS) is 18.2. The van der Waals surface area contributed by atoms with E-state index in [1.54, 1.807) is 0 Å². The predicted octanol–water partition coefficient (Wildman–Crippen LogP) is 8.45. The molecule has 195 valence electrons. The van der Waals surface area contributed by atoms with Crippen LogP contribution in [0.3, 0.4) is 0 Å². The summed E-state index contributed by atoms with van der Waals surface area (Å²) in [7, 11) is 0.262. The summed E-state index contributed by atoms with van der Waals surface area (Å²) in [6.07, 6.45) is 11.9. The molecule has 1 atom stereocenters. The molecule has 2 fully saturated rings. The van der Waals surface area contributed by atoms with Crippen molar-refractivity contribution >= 4 is 14.1 Å². The molecule has 0 saturated heterocycles. The third kappa shape index (κ3) is 8.25. The van der Waals surface area contributed by atoms with Crippen molar-refractivity contribution in [3.63, 3.8) is 0 Å². The van der Waals surface area contributed by atoms with E-state index >= 15 is 0 Å². The molecule has 1 aliphatic heterocycles. The SMILES string of the molecule is C=C1C=N[C-]2C1C2(c1ccccc1)c1ccccc1.CC(C)P(C(C)C)C(C)C.[C-]#[O+].[CH]1[CH][CH][CH][CH]1.[Ru+2]. The third-order valence-electron chi connectivity index (χ3n) is 6.57. The van der Waals surface area contributed by atoms with Crippen LogP contribution >= 0.6 is 7.92 Å². The van der Waals surface area contributed by atoms with Gasteiger partial charge < -0.3 is 4.99 Å². The van der Waals surface area contributed by atoms with Crippen LogP contribution in [0.15, 0.2) is 77.8 Å². The van der Waals surface area contributed by atoms with Crippen molar-refractivity contribution in [2.75, 3.05) is 0 Å². The standard InChI is InChI=1S/C18H14N.C9H21P.C5H5.CO.Ru/c1-13-12-19-17-16(13)18(17,14-8-4-2-5-9-14)15-10-6-3-7-11-15;1-7(2)10(8(3)4)9(5)6;1-2-4-5-3-1;1-2;/h2-12,16H,1H2;7-9H,1-6H3;1-5H;;/q-1;;;;+2. The van der Waals surface area contributed by atoms with E-state index < -0.39 is 0 Å². The molecule has 2 aromatic carbocycles. The van der Waals surface area contributed by atoms with Gasteiger partial charge in [-0.2, -0.15) is 0 Å². The number of hydrogen-bond donors (Lipinski definition) is 0. The van der Waals surface area contributed by atoms with Crippen molar-refractivity contribution in [1.29, 1.82) is 0 Å². The first-order valence-electron chi connectivity index (χ1n) is 12.7. The first-order chi connectivity index (χ1) is 17.3. The van der Waals surface area contributed by atoms with E-state index in [1.165, 1.54) is 17.2 Å². The van der Waals surface area contributed by atoms with Gasteiger partial charge in [0.1, 0.15) is 0 Å². The molecule has 0 spiro atoms. The van der Waals surface area contributed by atoms with Crippen molar-refractivity contribution in [2.24, 2.45) is 10.9 Å².